The van der Waals surface area contributed by atoms with E-state index in [9.17, 15) is 10.1 Å². The van der Waals surface area contributed by atoms with E-state index in [2.05, 4.69) is 15.3 Å². The minimum absolute atomic E-state index is 0.0217. The number of nitrogens with zero attached hydrogens (tertiary/aromatic N) is 4. The highest BCUT2D eigenvalue weighted by atomic mass is 32.1. The van der Waals surface area contributed by atoms with Gasteiger partial charge in [0.1, 0.15) is 5.75 Å². The predicted octanol–water partition coefficient (Wildman–Crippen LogP) is 3.80. The molecule has 0 radical (unpaired) electrons. The van der Waals surface area contributed by atoms with E-state index < -0.39 is 4.92 Å². The van der Waals surface area contributed by atoms with E-state index in [-0.39, 0.29) is 5.69 Å². The average molecular weight is 369 g/mol. The molecule has 132 valence electrons. The summed E-state index contributed by atoms with van der Waals surface area (Å²) in [6.45, 7) is 2.43. The Morgan fingerprint density at radius 1 is 1.31 bits per heavy atom. The maximum atomic E-state index is 10.7. The number of hydrogen-bond acceptors (Lipinski definition) is 6. The number of nitro benzene ring substituents is 1. The molecule has 0 spiro atoms. The first kappa shape index (κ1) is 17.5. The standard InChI is InChI=1S/C17H15N5O3S/c1-2-25-15-6-4-3-5-14(15)16-19-20-17(26)21(16)18-11-12-7-9-13(10-8-12)22(23)24/h3-11H,2H2,1H3,(H,20,26)/b18-11-. The minimum Gasteiger partial charge on any atom is -0.493 e. The Bertz CT molecular complexity index is 1010. The highest BCUT2D eigenvalue weighted by Gasteiger charge is 2.13. The molecular weight excluding hydrogens is 354 g/mol. The van der Waals surface area contributed by atoms with Crippen molar-refractivity contribution in [3.8, 4) is 17.1 Å². The molecule has 0 unspecified atom stereocenters. The van der Waals surface area contributed by atoms with E-state index in [1.54, 1.807) is 18.3 Å². The lowest BCUT2D eigenvalue weighted by Crippen LogP contribution is -1.99. The third-order valence-electron chi connectivity index (χ3n) is 3.50. The van der Waals surface area contributed by atoms with Crippen molar-refractivity contribution in [2.24, 2.45) is 5.10 Å². The van der Waals surface area contributed by atoms with E-state index in [1.807, 2.05) is 31.2 Å². The van der Waals surface area contributed by atoms with Crippen LogP contribution in [0.2, 0.25) is 0 Å². The van der Waals surface area contributed by atoms with Crippen LogP contribution in [0.25, 0.3) is 11.4 Å². The number of benzene rings is 2. The number of non-ortho nitro benzene ring substituents is 1. The SMILES string of the molecule is CCOc1ccccc1-c1n[nH]c(=S)n1/N=C\c1ccc([N+](=O)[O-])cc1. The average Bonchev–Trinajstić information content (AvgIpc) is 3.01. The molecule has 1 N–H and O–H groups in total. The fourth-order valence-electron chi connectivity index (χ4n) is 2.31. The van der Waals surface area contributed by atoms with Gasteiger partial charge in [0.25, 0.3) is 5.69 Å². The monoisotopic (exact) mass is 369 g/mol. The van der Waals surface area contributed by atoms with E-state index >= 15 is 0 Å². The van der Waals surface area contributed by atoms with Gasteiger partial charge in [-0.2, -0.15) is 14.9 Å². The summed E-state index contributed by atoms with van der Waals surface area (Å²) in [5.74, 6) is 1.19. The Morgan fingerprint density at radius 3 is 2.73 bits per heavy atom. The minimum atomic E-state index is -0.449. The third-order valence-corrected chi connectivity index (χ3v) is 3.77. The maximum Gasteiger partial charge on any atom is 0.269 e. The molecule has 3 rings (SSSR count). The van der Waals surface area contributed by atoms with E-state index in [0.29, 0.717) is 28.5 Å². The lowest BCUT2D eigenvalue weighted by Gasteiger charge is -2.08. The second-order valence-electron chi connectivity index (χ2n) is 5.19. The number of H-pyrrole nitrogens is 1. The predicted molar refractivity (Wildman–Crippen MR) is 100 cm³/mol. The fourth-order valence-corrected chi connectivity index (χ4v) is 2.49. The Morgan fingerprint density at radius 2 is 2.04 bits per heavy atom. The summed E-state index contributed by atoms with van der Waals surface area (Å²) < 4.78 is 7.44. The van der Waals surface area contributed by atoms with Crippen molar-refractivity contribution < 1.29 is 9.66 Å². The summed E-state index contributed by atoms with van der Waals surface area (Å²) in [5, 5.41) is 22.0. The maximum absolute atomic E-state index is 10.7. The summed E-state index contributed by atoms with van der Waals surface area (Å²) in [6.07, 6.45) is 1.56. The van der Waals surface area contributed by atoms with Crippen molar-refractivity contribution in [3.63, 3.8) is 0 Å². The summed E-state index contributed by atoms with van der Waals surface area (Å²) in [6, 6.07) is 13.5. The summed E-state index contributed by atoms with van der Waals surface area (Å²) in [7, 11) is 0. The molecule has 3 aromatic rings. The molecule has 0 aliphatic carbocycles. The molecule has 26 heavy (non-hydrogen) atoms. The molecule has 0 aliphatic rings. The second kappa shape index (κ2) is 7.70. The molecule has 0 saturated heterocycles. The number of nitrogens with one attached hydrogen (secondary N) is 1. The molecule has 0 bridgehead atoms. The normalized spacial score (nSPS) is 11.0. The zero-order valence-electron chi connectivity index (χ0n) is 13.8. The van der Waals surface area contributed by atoms with Crippen molar-refractivity contribution in [2.45, 2.75) is 6.92 Å². The molecular formula is C17H15N5O3S. The molecule has 0 amide bonds. The van der Waals surface area contributed by atoms with Crippen molar-refractivity contribution in [1.82, 2.24) is 14.9 Å². The second-order valence-corrected chi connectivity index (χ2v) is 5.57. The van der Waals surface area contributed by atoms with Gasteiger partial charge in [-0.05, 0) is 49.0 Å². The van der Waals surface area contributed by atoms with Crippen molar-refractivity contribution >= 4 is 24.1 Å². The van der Waals surface area contributed by atoms with Crippen LogP contribution in [0.3, 0.4) is 0 Å². The third kappa shape index (κ3) is 3.67. The van der Waals surface area contributed by atoms with Gasteiger partial charge in [-0.15, -0.1) is 0 Å². The molecule has 1 aromatic heterocycles. The number of para-hydroxylation sites is 1. The number of hydrogen-bond donors (Lipinski definition) is 1. The first-order valence-corrected chi connectivity index (χ1v) is 8.19. The van der Waals surface area contributed by atoms with Crippen molar-refractivity contribution in [3.05, 3.63) is 69.0 Å². The van der Waals surface area contributed by atoms with Gasteiger partial charge in [0.05, 0.1) is 23.3 Å². The van der Waals surface area contributed by atoms with Crippen LogP contribution >= 0.6 is 12.2 Å². The summed E-state index contributed by atoms with van der Waals surface area (Å²) >= 11 is 5.25. The number of aromatic nitrogens is 3. The quantitative estimate of drug-likeness (QED) is 0.308. The van der Waals surface area contributed by atoms with Gasteiger partial charge in [-0.3, -0.25) is 10.1 Å². The largest absolute Gasteiger partial charge is 0.493 e. The van der Waals surface area contributed by atoms with Crippen LogP contribution in [0.4, 0.5) is 5.69 Å². The molecule has 0 atom stereocenters. The van der Waals surface area contributed by atoms with Crippen LogP contribution in [0.15, 0.2) is 53.6 Å². The molecule has 0 aliphatic heterocycles. The lowest BCUT2D eigenvalue weighted by molar-refractivity contribution is -0.384. The summed E-state index contributed by atoms with van der Waals surface area (Å²) in [4.78, 5) is 10.3. The molecule has 0 saturated carbocycles. The zero-order chi connectivity index (χ0) is 18.5. The first-order valence-electron chi connectivity index (χ1n) is 7.78. The Kier molecular flexibility index (Phi) is 5.18. The fraction of sp³-hybridized carbons (Fsp3) is 0.118. The van der Waals surface area contributed by atoms with Crippen LogP contribution < -0.4 is 4.74 Å². The van der Waals surface area contributed by atoms with Crippen LogP contribution in [0, 0.1) is 14.9 Å². The molecule has 0 fully saturated rings. The highest BCUT2D eigenvalue weighted by molar-refractivity contribution is 7.71. The van der Waals surface area contributed by atoms with E-state index in [4.69, 9.17) is 17.0 Å². The van der Waals surface area contributed by atoms with Gasteiger partial charge in [0, 0.05) is 12.1 Å². The zero-order valence-corrected chi connectivity index (χ0v) is 14.6. The van der Waals surface area contributed by atoms with Crippen LogP contribution in [-0.2, 0) is 0 Å². The summed E-state index contributed by atoms with van der Waals surface area (Å²) in [5.41, 5.74) is 1.47. The topological polar surface area (TPSA) is 98.3 Å². The Labute approximate surface area is 153 Å². The Hall–Kier alpha value is -3.33. The van der Waals surface area contributed by atoms with Crippen LogP contribution in [-0.4, -0.2) is 32.6 Å². The Balaban J connectivity index is 1.96. The van der Waals surface area contributed by atoms with Gasteiger partial charge in [-0.1, -0.05) is 12.1 Å². The molecule has 9 heteroatoms. The van der Waals surface area contributed by atoms with Gasteiger partial charge >= 0.3 is 0 Å². The number of nitro groups is 1. The van der Waals surface area contributed by atoms with Crippen molar-refractivity contribution in [1.29, 1.82) is 0 Å². The molecule has 1 heterocycles. The lowest BCUT2D eigenvalue weighted by atomic mass is 10.2. The number of aromatic amines is 1. The number of rotatable bonds is 6. The van der Waals surface area contributed by atoms with Crippen molar-refractivity contribution in [2.75, 3.05) is 6.61 Å². The van der Waals surface area contributed by atoms with E-state index in [0.717, 1.165) is 5.56 Å². The van der Waals surface area contributed by atoms with Crippen LogP contribution in [0.1, 0.15) is 12.5 Å². The van der Waals surface area contributed by atoms with Gasteiger partial charge in [0.15, 0.2) is 5.82 Å². The van der Waals surface area contributed by atoms with E-state index in [1.165, 1.54) is 16.8 Å². The first-order chi connectivity index (χ1) is 12.6. The smallest absolute Gasteiger partial charge is 0.269 e. The van der Waals surface area contributed by atoms with Gasteiger partial charge in [0.2, 0.25) is 4.77 Å². The number of ether oxygens (including phenoxy) is 1. The molecule has 2 aromatic carbocycles. The van der Waals surface area contributed by atoms with Crippen LogP contribution in [0.5, 0.6) is 5.75 Å². The van der Waals surface area contributed by atoms with Gasteiger partial charge in [-0.25, -0.2) is 5.10 Å². The molecule has 8 nitrogen and oxygen atoms in total. The highest BCUT2D eigenvalue weighted by Crippen LogP contribution is 2.28. The van der Waals surface area contributed by atoms with Gasteiger partial charge < -0.3 is 4.74 Å².